The highest BCUT2D eigenvalue weighted by atomic mass is 16.6. The van der Waals surface area contributed by atoms with Crippen molar-refractivity contribution in [1.82, 2.24) is 0 Å². The molecule has 396 valence electrons. The summed E-state index contributed by atoms with van der Waals surface area (Å²) in [4.78, 5) is 38.2. The quantitative estimate of drug-likeness (QED) is 0.0262. The molecule has 67 heavy (non-hydrogen) atoms. The molecule has 0 N–H and O–H groups in total. The van der Waals surface area contributed by atoms with Crippen LogP contribution >= 0.6 is 0 Å². The van der Waals surface area contributed by atoms with Crippen LogP contribution in [0.3, 0.4) is 0 Å². The molecule has 0 aliphatic rings. The molecular formula is C61H116O6. The Morgan fingerprint density at radius 1 is 0.284 bits per heavy atom. The van der Waals surface area contributed by atoms with Crippen LogP contribution in [0.4, 0.5) is 0 Å². The molecular weight excluding hydrogens is 829 g/mol. The molecule has 6 heteroatoms. The van der Waals surface area contributed by atoms with Gasteiger partial charge in [-0.25, -0.2) is 0 Å². The Labute approximate surface area is 418 Å². The lowest BCUT2D eigenvalue weighted by molar-refractivity contribution is -0.167. The van der Waals surface area contributed by atoms with E-state index in [1.807, 2.05) is 0 Å². The van der Waals surface area contributed by atoms with Gasteiger partial charge in [-0.3, -0.25) is 14.4 Å². The number of carbonyl (C=O) groups excluding carboxylic acids is 3. The summed E-state index contributed by atoms with van der Waals surface area (Å²) in [5.41, 5.74) is 0. The number of ether oxygens (including phenoxy) is 3. The molecule has 0 spiro atoms. The van der Waals surface area contributed by atoms with Gasteiger partial charge in [0.05, 0.1) is 0 Å². The largest absolute Gasteiger partial charge is 0.462 e. The Bertz CT molecular complexity index is 1040. The van der Waals surface area contributed by atoms with Crippen molar-refractivity contribution in [3.63, 3.8) is 0 Å². The number of esters is 3. The molecule has 0 aromatic rings. The zero-order valence-corrected chi connectivity index (χ0v) is 45.5. The highest BCUT2D eigenvalue weighted by molar-refractivity contribution is 5.71. The minimum absolute atomic E-state index is 0.0650. The molecule has 0 amide bonds. The van der Waals surface area contributed by atoms with Crippen LogP contribution < -0.4 is 0 Å². The van der Waals surface area contributed by atoms with Gasteiger partial charge >= 0.3 is 17.9 Å². The zero-order chi connectivity index (χ0) is 48.6. The molecule has 0 rings (SSSR count). The predicted molar refractivity (Wildman–Crippen MR) is 289 cm³/mol. The summed E-state index contributed by atoms with van der Waals surface area (Å²) < 4.78 is 16.9. The summed E-state index contributed by atoms with van der Waals surface area (Å²) in [6, 6.07) is 0. The van der Waals surface area contributed by atoms with Gasteiger partial charge in [0.2, 0.25) is 0 Å². The van der Waals surface area contributed by atoms with Crippen LogP contribution in [-0.4, -0.2) is 37.2 Å². The van der Waals surface area contributed by atoms with Crippen molar-refractivity contribution in [2.45, 2.75) is 348 Å². The van der Waals surface area contributed by atoms with E-state index in [1.165, 1.54) is 244 Å². The van der Waals surface area contributed by atoms with Gasteiger partial charge in [-0.1, -0.05) is 290 Å². The number of rotatable bonds is 56. The lowest BCUT2D eigenvalue weighted by Gasteiger charge is -2.18. The lowest BCUT2D eigenvalue weighted by Crippen LogP contribution is -2.30. The number of unbranched alkanes of at least 4 members (excludes halogenated alkanes) is 43. The predicted octanol–water partition coefficient (Wildman–Crippen LogP) is 20.1. The smallest absolute Gasteiger partial charge is 0.306 e. The second kappa shape index (κ2) is 56.7. The zero-order valence-electron chi connectivity index (χ0n) is 45.5. The average molecular weight is 946 g/mol. The molecule has 0 saturated carbocycles. The third-order valence-corrected chi connectivity index (χ3v) is 13.8. The van der Waals surface area contributed by atoms with Crippen LogP contribution in [0, 0.1) is 0 Å². The van der Waals surface area contributed by atoms with E-state index < -0.39 is 6.10 Å². The molecule has 0 bridgehead atoms. The highest BCUT2D eigenvalue weighted by Gasteiger charge is 2.19. The van der Waals surface area contributed by atoms with Crippen LogP contribution in [0.5, 0.6) is 0 Å². The summed E-state index contributed by atoms with van der Waals surface area (Å²) in [5, 5.41) is 0. The lowest BCUT2D eigenvalue weighted by atomic mass is 10.0. The number of hydrogen-bond donors (Lipinski definition) is 0. The molecule has 0 heterocycles. The molecule has 0 saturated heterocycles. The molecule has 6 nitrogen and oxygen atoms in total. The molecule has 0 unspecified atom stereocenters. The van der Waals surface area contributed by atoms with E-state index in [0.29, 0.717) is 19.3 Å². The summed E-state index contributed by atoms with van der Waals surface area (Å²) >= 11 is 0. The maximum absolute atomic E-state index is 12.9. The standard InChI is InChI=1S/C61H116O6/c1-4-7-10-13-16-19-22-25-28-30-31-32-34-36-39-42-45-48-51-54-60(63)66-57-58(56-65-59(62)53-50-47-44-41-38-35-27-24-21-18-15-12-9-6-3)67-61(64)55-52-49-46-43-40-37-33-29-26-23-20-17-14-11-8-5-2/h30-31,58H,4-29,32-57H2,1-3H3/b31-30-/t58-/m1/s1. The van der Waals surface area contributed by atoms with Crippen LogP contribution in [0.25, 0.3) is 0 Å². The van der Waals surface area contributed by atoms with Crippen molar-refractivity contribution in [2.75, 3.05) is 13.2 Å². The maximum atomic E-state index is 12.9. The van der Waals surface area contributed by atoms with Gasteiger partial charge in [0.1, 0.15) is 13.2 Å². The van der Waals surface area contributed by atoms with Crippen LogP contribution in [0.2, 0.25) is 0 Å². The van der Waals surface area contributed by atoms with Gasteiger partial charge in [0, 0.05) is 19.3 Å². The minimum atomic E-state index is -0.766. The average Bonchev–Trinajstić information content (AvgIpc) is 3.33. The van der Waals surface area contributed by atoms with E-state index in [1.54, 1.807) is 0 Å². The van der Waals surface area contributed by atoms with Crippen molar-refractivity contribution >= 4 is 17.9 Å². The first-order valence-electron chi connectivity index (χ1n) is 30.2. The first-order valence-corrected chi connectivity index (χ1v) is 30.2. The van der Waals surface area contributed by atoms with E-state index >= 15 is 0 Å². The fourth-order valence-electron chi connectivity index (χ4n) is 9.21. The van der Waals surface area contributed by atoms with Crippen molar-refractivity contribution in [1.29, 1.82) is 0 Å². The molecule has 0 radical (unpaired) electrons. The van der Waals surface area contributed by atoms with Gasteiger partial charge < -0.3 is 14.2 Å². The second-order valence-corrected chi connectivity index (χ2v) is 20.6. The Hall–Kier alpha value is -1.85. The van der Waals surface area contributed by atoms with Gasteiger partial charge in [-0.15, -0.1) is 0 Å². The first-order chi connectivity index (χ1) is 33.0. The fourth-order valence-corrected chi connectivity index (χ4v) is 9.21. The Morgan fingerprint density at radius 3 is 0.746 bits per heavy atom. The molecule has 0 fully saturated rings. The summed E-state index contributed by atoms with van der Waals surface area (Å²) in [5.74, 6) is -0.842. The summed E-state index contributed by atoms with van der Waals surface area (Å²) in [7, 11) is 0. The van der Waals surface area contributed by atoms with E-state index in [2.05, 4.69) is 32.9 Å². The maximum Gasteiger partial charge on any atom is 0.306 e. The Morgan fingerprint density at radius 2 is 0.493 bits per heavy atom. The fraction of sp³-hybridized carbons (Fsp3) is 0.918. The van der Waals surface area contributed by atoms with Gasteiger partial charge in [-0.05, 0) is 44.9 Å². The van der Waals surface area contributed by atoms with Crippen molar-refractivity contribution in [2.24, 2.45) is 0 Å². The summed E-state index contributed by atoms with van der Waals surface area (Å²) in [6.07, 6.45) is 64.9. The van der Waals surface area contributed by atoms with Gasteiger partial charge in [-0.2, -0.15) is 0 Å². The van der Waals surface area contributed by atoms with Crippen LogP contribution in [-0.2, 0) is 28.6 Å². The van der Waals surface area contributed by atoms with Crippen LogP contribution in [0.1, 0.15) is 342 Å². The SMILES string of the molecule is CCCCCCCCCC/C=C\CCCCCCCCCC(=O)OC[C@@H](COC(=O)CCCCCCCCCCCCCCCC)OC(=O)CCCCCCCCCCCCCCCCCC. The topological polar surface area (TPSA) is 78.9 Å². The molecule has 0 aromatic carbocycles. The number of carbonyl (C=O) groups is 3. The third-order valence-electron chi connectivity index (χ3n) is 13.8. The second-order valence-electron chi connectivity index (χ2n) is 20.6. The monoisotopic (exact) mass is 945 g/mol. The van der Waals surface area contributed by atoms with Crippen molar-refractivity contribution < 1.29 is 28.6 Å². The molecule has 0 aliphatic heterocycles. The van der Waals surface area contributed by atoms with Crippen LogP contribution in [0.15, 0.2) is 12.2 Å². The number of hydrogen-bond acceptors (Lipinski definition) is 6. The first kappa shape index (κ1) is 65.1. The van der Waals surface area contributed by atoms with E-state index in [4.69, 9.17) is 14.2 Å². The van der Waals surface area contributed by atoms with Crippen molar-refractivity contribution in [3.05, 3.63) is 12.2 Å². The summed E-state index contributed by atoms with van der Waals surface area (Å²) in [6.45, 7) is 6.70. The number of allylic oxidation sites excluding steroid dienone is 2. The van der Waals surface area contributed by atoms with E-state index in [0.717, 1.165) is 57.8 Å². The van der Waals surface area contributed by atoms with E-state index in [9.17, 15) is 14.4 Å². The molecule has 1 atom stereocenters. The van der Waals surface area contributed by atoms with Gasteiger partial charge in [0.15, 0.2) is 6.10 Å². The van der Waals surface area contributed by atoms with Gasteiger partial charge in [0.25, 0.3) is 0 Å². The van der Waals surface area contributed by atoms with Crippen molar-refractivity contribution in [3.8, 4) is 0 Å². The third kappa shape index (κ3) is 55.0. The highest BCUT2D eigenvalue weighted by Crippen LogP contribution is 2.17. The molecule has 0 aromatic heterocycles. The normalized spacial score (nSPS) is 12.0. The Balaban J connectivity index is 4.30. The Kier molecular flexibility index (Phi) is 55.2. The van der Waals surface area contributed by atoms with E-state index in [-0.39, 0.29) is 31.1 Å². The minimum Gasteiger partial charge on any atom is -0.462 e. The molecule has 0 aliphatic carbocycles.